The summed E-state index contributed by atoms with van der Waals surface area (Å²) in [6.07, 6.45) is 4.59. The van der Waals surface area contributed by atoms with Crippen LogP contribution in [0.1, 0.15) is 15.9 Å². The van der Waals surface area contributed by atoms with Crippen molar-refractivity contribution in [2.24, 2.45) is 0 Å². The third-order valence-electron chi connectivity index (χ3n) is 4.32. The Hall–Kier alpha value is -3.92. The van der Waals surface area contributed by atoms with Gasteiger partial charge in [-0.1, -0.05) is 79.4 Å². The largest absolute Gasteiger partial charge is 0.490 e. The van der Waals surface area contributed by atoms with E-state index < -0.39 is 5.97 Å². The second-order valence-corrected chi connectivity index (χ2v) is 6.48. The number of esters is 1. The minimum absolute atomic E-state index is 0.250. The third kappa shape index (κ3) is 6.04. The first-order valence-electron chi connectivity index (χ1n) is 9.53. The third-order valence-corrected chi connectivity index (χ3v) is 4.32. The average Bonchev–Trinajstić information content (AvgIpc) is 2.81. The lowest BCUT2D eigenvalue weighted by atomic mass is 10.0. The molecular weight excluding hydrogens is 376 g/mol. The van der Waals surface area contributed by atoms with Crippen LogP contribution in [0.25, 0.3) is 17.2 Å². The lowest BCUT2D eigenvalue weighted by Crippen LogP contribution is -2.12. The monoisotopic (exact) mass is 398 g/mol. The van der Waals surface area contributed by atoms with E-state index in [0.717, 1.165) is 22.4 Å². The Bertz CT molecular complexity index is 1020. The van der Waals surface area contributed by atoms with Crippen molar-refractivity contribution in [2.45, 2.75) is 0 Å². The van der Waals surface area contributed by atoms with Crippen molar-refractivity contribution in [3.63, 3.8) is 0 Å². The van der Waals surface area contributed by atoms with Gasteiger partial charge in [-0.2, -0.15) is 0 Å². The molecule has 0 aliphatic heterocycles. The molecular formula is C26H22O4. The van der Waals surface area contributed by atoms with Crippen LogP contribution in [0.5, 0.6) is 5.75 Å². The number of ketones is 1. The predicted octanol–water partition coefficient (Wildman–Crippen LogP) is 5.36. The second kappa shape index (κ2) is 10.6. The van der Waals surface area contributed by atoms with Crippen LogP contribution >= 0.6 is 0 Å². The molecule has 0 aromatic heterocycles. The van der Waals surface area contributed by atoms with E-state index in [9.17, 15) is 9.59 Å². The lowest BCUT2D eigenvalue weighted by molar-refractivity contribution is -0.136. The molecule has 30 heavy (non-hydrogen) atoms. The molecule has 0 aliphatic rings. The van der Waals surface area contributed by atoms with E-state index in [-0.39, 0.29) is 12.4 Å². The van der Waals surface area contributed by atoms with Gasteiger partial charge in [0, 0.05) is 11.6 Å². The molecule has 0 bridgehead atoms. The van der Waals surface area contributed by atoms with Gasteiger partial charge in [-0.3, -0.25) is 4.79 Å². The number of hydrogen-bond acceptors (Lipinski definition) is 4. The van der Waals surface area contributed by atoms with Gasteiger partial charge in [-0.25, -0.2) is 4.79 Å². The molecule has 0 N–H and O–H groups in total. The molecule has 0 aliphatic carbocycles. The Balaban J connectivity index is 1.50. The summed E-state index contributed by atoms with van der Waals surface area (Å²) < 4.78 is 10.5. The first kappa shape index (κ1) is 20.8. The SMILES string of the molecule is C=CCOc1ccc(/C=C/C(=O)OCC(=O)c2ccc(-c3ccccc3)cc2)cc1. The van der Waals surface area contributed by atoms with Crippen molar-refractivity contribution in [2.75, 3.05) is 13.2 Å². The van der Waals surface area contributed by atoms with Gasteiger partial charge in [0.25, 0.3) is 0 Å². The second-order valence-electron chi connectivity index (χ2n) is 6.48. The zero-order valence-corrected chi connectivity index (χ0v) is 16.5. The van der Waals surface area contributed by atoms with Gasteiger partial charge in [-0.05, 0) is 34.9 Å². The molecule has 0 unspecified atom stereocenters. The number of carbonyl (C=O) groups excluding carboxylic acids is 2. The molecule has 0 spiro atoms. The van der Waals surface area contributed by atoms with Gasteiger partial charge < -0.3 is 9.47 Å². The maximum Gasteiger partial charge on any atom is 0.331 e. The molecule has 0 radical (unpaired) electrons. The number of hydrogen-bond donors (Lipinski definition) is 0. The zero-order chi connectivity index (χ0) is 21.2. The average molecular weight is 398 g/mol. The van der Waals surface area contributed by atoms with Crippen LogP contribution < -0.4 is 4.74 Å². The number of benzene rings is 3. The van der Waals surface area contributed by atoms with E-state index in [4.69, 9.17) is 9.47 Å². The quantitative estimate of drug-likeness (QED) is 0.211. The van der Waals surface area contributed by atoms with Crippen LogP contribution in [0.15, 0.2) is 97.6 Å². The summed E-state index contributed by atoms with van der Waals surface area (Å²) in [5.41, 5.74) is 3.42. The molecule has 4 nitrogen and oxygen atoms in total. The number of Topliss-reactive ketones (excluding diaryl/α,β-unsaturated/α-hetero) is 1. The topological polar surface area (TPSA) is 52.6 Å². The highest BCUT2D eigenvalue weighted by molar-refractivity contribution is 5.99. The lowest BCUT2D eigenvalue weighted by Gasteiger charge is -2.05. The molecule has 0 fully saturated rings. The van der Waals surface area contributed by atoms with Crippen LogP contribution in [0.4, 0.5) is 0 Å². The fourth-order valence-corrected chi connectivity index (χ4v) is 2.74. The van der Waals surface area contributed by atoms with Gasteiger partial charge in [0.05, 0.1) is 0 Å². The fourth-order valence-electron chi connectivity index (χ4n) is 2.74. The van der Waals surface area contributed by atoms with Gasteiger partial charge in [0.1, 0.15) is 12.4 Å². The highest BCUT2D eigenvalue weighted by atomic mass is 16.5. The van der Waals surface area contributed by atoms with E-state index in [2.05, 4.69) is 6.58 Å². The standard InChI is InChI=1S/C26H22O4/c1-2-18-29-24-15-8-20(9-16-24)10-17-26(28)30-19-25(27)23-13-11-22(12-14-23)21-6-4-3-5-7-21/h2-17H,1,18-19H2/b17-10+. The van der Waals surface area contributed by atoms with Gasteiger partial charge in [0.15, 0.2) is 12.4 Å². The number of rotatable bonds is 9. The molecule has 4 heteroatoms. The summed E-state index contributed by atoms with van der Waals surface area (Å²) in [5.74, 6) is -0.102. The summed E-state index contributed by atoms with van der Waals surface area (Å²) in [7, 11) is 0. The molecule has 0 heterocycles. The molecule has 150 valence electrons. The van der Waals surface area contributed by atoms with Crippen molar-refractivity contribution < 1.29 is 19.1 Å². The first-order valence-corrected chi connectivity index (χ1v) is 9.53. The summed E-state index contributed by atoms with van der Waals surface area (Å²) in [5, 5.41) is 0. The Morgan fingerprint density at radius 3 is 2.17 bits per heavy atom. The highest BCUT2D eigenvalue weighted by Gasteiger charge is 2.09. The molecule has 0 saturated heterocycles. The van der Waals surface area contributed by atoms with Crippen molar-refractivity contribution in [1.82, 2.24) is 0 Å². The van der Waals surface area contributed by atoms with E-state index in [1.807, 2.05) is 54.6 Å². The fraction of sp³-hybridized carbons (Fsp3) is 0.0769. The first-order chi connectivity index (χ1) is 14.7. The van der Waals surface area contributed by atoms with E-state index >= 15 is 0 Å². The van der Waals surface area contributed by atoms with Crippen LogP contribution in [0.2, 0.25) is 0 Å². The Kier molecular flexibility index (Phi) is 7.34. The number of ether oxygens (including phenoxy) is 2. The molecule has 0 atom stereocenters. The maximum absolute atomic E-state index is 12.3. The normalized spacial score (nSPS) is 10.5. The van der Waals surface area contributed by atoms with Crippen molar-refractivity contribution >= 4 is 17.8 Å². The summed E-state index contributed by atoms with van der Waals surface area (Å²) in [6.45, 7) is 3.73. The predicted molar refractivity (Wildman–Crippen MR) is 118 cm³/mol. The van der Waals surface area contributed by atoms with E-state index in [1.54, 1.807) is 36.4 Å². The Morgan fingerprint density at radius 1 is 0.833 bits per heavy atom. The van der Waals surface area contributed by atoms with Crippen LogP contribution in [-0.4, -0.2) is 25.0 Å². The minimum Gasteiger partial charge on any atom is -0.490 e. The smallest absolute Gasteiger partial charge is 0.331 e. The van der Waals surface area contributed by atoms with E-state index in [1.165, 1.54) is 6.08 Å². The maximum atomic E-state index is 12.3. The van der Waals surface area contributed by atoms with Crippen LogP contribution in [0, 0.1) is 0 Å². The summed E-state index contributed by atoms with van der Waals surface area (Å²) >= 11 is 0. The Labute approximate surface area is 176 Å². The molecule has 0 amide bonds. The van der Waals surface area contributed by atoms with Gasteiger partial charge >= 0.3 is 5.97 Å². The Morgan fingerprint density at radius 2 is 1.50 bits per heavy atom. The van der Waals surface area contributed by atoms with Crippen LogP contribution in [-0.2, 0) is 9.53 Å². The van der Waals surface area contributed by atoms with E-state index in [0.29, 0.717) is 12.2 Å². The van der Waals surface area contributed by atoms with Crippen molar-refractivity contribution in [1.29, 1.82) is 0 Å². The molecule has 3 rings (SSSR count). The molecule has 3 aromatic rings. The van der Waals surface area contributed by atoms with Gasteiger partial charge in [0.2, 0.25) is 0 Å². The molecule has 3 aromatic carbocycles. The highest BCUT2D eigenvalue weighted by Crippen LogP contribution is 2.19. The van der Waals surface area contributed by atoms with Crippen molar-refractivity contribution in [3.05, 3.63) is 109 Å². The van der Waals surface area contributed by atoms with Crippen LogP contribution in [0.3, 0.4) is 0 Å². The number of carbonyl (C=O) groups is 2. The summed E-state index contributed by atoms with van der Waals surface area (Å²) in [6, 6.07) is 24.4. The van der Waals surface area contributed by atoms with Crippen molar-refractivity contribution in [3.8, 4) is 16.9 Å². The minimum atomic E-state index is -0.573. The zero-order valence-electron chi connectivity index (χ0n) is 16.5. The summed E-state index contributed by atoms with van der Waals surface area (Å²) in [4.78, 5) is 24.2. The van der Waals surface area contributed by atoms with Gasteiger partial charge in [-0.15, -0.1) is 0 Å². The molecule has 0 saturated carbocycles.